The van der Waals surface area contributed by atoms with Gasteiger partial charge in [-0.05, 0) is 12.8 Å². The molecular formula is C15H18N2O2S. The molecule has 0 bridgehead atoms. The Bertz CT molecular complexity index is 577. The van der Waals surface area contributed by atoms with E-state index in [1.807, 2.05) is 12.1 Å². The normalized spacial score (nSPS) is 19.2. The molecule has 2 heterocycles. The maximum atomic E-state index is 5.62. The highest BCUT2D eigenvalue weighted by atomic mass is 32.1. The Hall–Kier alpha value is -1.49. The number of ether oxygens (including phenoxy) is 2. The summed E-state index contributed by atoms with van der Waals surface area (Å²) in [5, 5.41) is 4.61. The van der Waals surface area contributed by atoms with Crippen LogP contribution in [-0.2, 0) is 0 Å². The molecule has 1 N–H and O–H groups in total. The van der Waals surface area contributed by atoms with E-state index in [2.05, 4.69) is 10.3 Å². The first-order chi connectivity index (χ1) is 9.88. The van der Waals surface area contributed by atoms with Crippen molar-refractivity contribution >= 4 is 26.7 Å². The minimum atomic E-state index is 0.589. The van der Waals surface area contributed by atoms with Gasteiger partial charge in [0.15, 0.2) is 16.6 Å². The second-order valence-electron chi connectivity index (χ2n) is 5.46. The first kappa shape index (κ1) is 12.3. The van der Waals surface area contributed by atoms with Crippen LogP contribution in [0.25, 0.3) is 10.2 Å². The third-order valence-electron chi connectivity index (χ3n) is 3.99. The maximum Gasteiger partial charge on any atom is 0.184 e. The van der Waals surface area contributed by atoms with Crippen LogP contribution in [0, 0.1) is 0 Å². The average Bonchev–Trinajstić information content (AvgIpc) is 2.86. The fourth-order valence-electron chi connectivity index (χ4n) is 2.95. The lowest BCUT2D eigenvalue weighted by atomic mass is 9.96. The van der Waals surface area contributed by atoms with Crippen molar-refractivity contribution in [2.75, 3.05) is 18.5 Å². The molecule has 1 aromatic carbocycles. The van der Waals surface area contributed by atoms with Crippen molar-refractivity contribution in [1.82, 2.24) is 4.98 Å². The van der Waals surface area contributed by atoms with Gasteiger partial charge in [0.1, 0.15) is 13.2 Å². The van der Waals surface area contributed by atoms with Gasteiger partial charge in [-0.3, -0.25) is 0 Å². The van der Waals surface area contributed by atoms with Crippen molar-refractivity contribution in [3.63, 3.8) is 0 Å². The summed E-state index contributed by atoms with van der Waals surface area (Å²) in [4.78, 5) is 4.69. The topological polar surface area (TPSA) is 43.4 Å². The van der Waals surface area contributed by atoms with Gasteiger partial charge in [-0.25, -0.2) is 4.98 Å². The Morgan fingerprint density at radius 1 is 1.05 bits per heavy atom. The standard InChI is InChI=1S/C15H18N2O2S/c1-2-4-10(5-3-1)16-15-17-11-8-12-13(9-14(11)20-15)19-7-6-18-12/h8-10H,1-7H2,(H,16,17). The number of hydrogen-bond donors (Lipinski definition) is 1. The highest BCUT2D eigenvalue weighted by Gasteiger charge is 2.17. The van der Waals surface area contributed by atoms with E-state index in [9.17, 15) is 0 Å². The molecule has 2 aromatic rings. The fraction of sp³-hybridized carbons (Fsp3) is 0.533. The van der Waals surface area contributed by atoms with Crippen LogP contribution in [0.3, 0.4) is 0 Å². The van der Waals surface area contributed by atoms with E-state index < -0.39 is 0 Å². The first-order valence-electron chi connectivity index (χ1n) is 7.35. The van der Waals surface area contributed by atoms with Gasteiger partial charge in [-0.15, -0.1) is 0 Å². The molecule has 1 fully saturated rings. The van der Waals surface area contributed by atoms with Crippen molar-refractivity contribution in [2.24, 2.45) is 0 Å². The molecule has 0 radical (unpaired) electrons. The van der Waals surface area contributed by atoms with E-state index >= 15 is 0 Å². The van der Waals surface area contributed by atoms with Gasteiger partial charge in [-0.2, -0.15) is 0 Å². The third-order valence-corrected chi connectivity index (χ3v) is 4.93. The summed E-state index contributed by atoms with van der Waals surface area (Å²) >= 11 is 1.71. The van der Waals surface area contributed by atoms with E-state index in [1.54, 1.807) is 11.3 Å². The number of nitrogens with one attached hydrogen (secondary N) is 1. The molecule has 5 heteroatoms. The highest BCUT2D eigenvalue weighted by Crippen LogP contribution is 2.38. The molecule has 0 atom stereocenters. The molecule has 106 valence electrons. The molecule has 2 aliphatic rings. The number of benzene rings is 1. The van der Waals surface area contributed by atoms with Gasteiger partial charge in [0.25, 0.3) is 0 Å². The Labute approximate surface area is 122 Å². The van der Waals surface area contributed by atoms with Crippen molar-refractivity contribution in [3.05, 3.63) is 12.1 Å². The second kappa shape index (κ2) is 5.13. The molecular weight excluding hydrogens is 272 g/mol. The Morgan fingerprint density at radius 2 is 1.80 bits per heavy atom. The second-order valence-corrected chi connectivity index (χ2v) is 6.49. The molecule has 1 saturated carbocycles. The highest BCUT2D eigenvalue weighted by molar-refractivity contribution is 7.22. The van der Waals surface area contributed by atoms with Crippen LogP contribution in [0.5, 0.6) is 11.5 Å². The van der Waals surface area contributed by atoms with Crippen LogP contribution in [0.2, 0.25) is 0 Å². The van der Waals surface area contributed by atoms with Gasteiger partial charge in [0.2, 0.25) is 0 Å². The summed E-state index contributed by atoms with van der Waals surface area (Å²) < 4.78 is 12.4. The summed E-state index contributed by atoms with van der Waals surface area (Å²) in [6.07, 6.45) is 6.56. The van der Waals surface area contributed by atoms with Crippen LogP contribution >= 0.6 is 11.3 Å². The molecule has 0 saturated heterocycles. The lowest BCUT2D eigenvalue weighted by Gasteiger charge is -2.22. The van der Waals surface area contributed by atoms with E-state index in [0.29, 0.717) is 19.3 Å². The quantitative estimate of drug-likeness (QED) is 0.913. The van der Waals surface area contributed by atoms with Gasteiger partial charge < -0.3 is 14.8 Å². The summed E-state index contributed by atoms with van der Waals surface area (Å²) in [5.41, 5.74) is 0.998. The summed E-state index contributed by atoms with van der Waals surface area (Å²) in [5.74, 6) is 1.66. The fourth-order valence-corrected chi connectivity index (χ4v) is 3.90. The van der Waals surface area contributed by atoms with Crippen LogP contribution in [0.15, 0.2) is 12.1 Å². The van der Waals surface area contributed by atoms with Crippen molar-refractivity contribution in [3.8, 4) is 11.5 Å². The van der Waals surface area contributed by atoms with Crippen LogP contribution in [0.1, 0.15) is 32.1 Å². The van der Waals surface area contributed by atoms with Gasteiger partial charge >= 0.3 is 0 Å². The molecule has 0 spiro atoms. The number of nitrogens with zero attached hydrogens (tertiary/aromatic N) is 1. The van der Waals surface area contributed by atoms with Gasteiger partial charge in [0, 0.05) is 18.2 Å². The molecule has 1 aliphatic carbocycles. The SMILES string of the molecule is c1c2c(cc3sc(NC4CCCCC4)nc13)OCCO2. The Balaban J connectivity index is 1.61. The minimum Gasteiger partial charge on any atom is -0.486 e. The summed E-state index contributed by atoms with van der Waals surface area (Å²) in [6.45, 7) is 1.25. The van der Waals surface area contributed by atoms with Gasteiger partial charge in [-0.1, -0.05) is 30.6 Å². The van der Waals surface area contributed by atoms with Gasteiger partial charge in [0.05, 0.1) is 10.2 Å². The number of fused-ring (bicyclic) bond motifs is 2. The zero-order valence-electron chi connectivity index (χ0n) is 11.4. The molecule has 0 unspecified atom stereocenters. The predicted molar refractivity (Wildman–Crippen MR) is 81.1 cm³/mol. The number of aromatic nitrogens is 1. The first-order valence-corrected chi connectivity index (χ1v) is 8.17. The van der Waals surface area contributed by atoms with Crippen LogP contribution in [0.4, 0.5) is 5.13 Å². The molecule has 1 aliphatic heterocycles. The lowest BCUT2D eigenvalue weighted by molar-refractivity contribution is 0.172. The van der Waals surface area contributed by atoms with E-state index in [1.165, 1.54) is 32.1 Å². The number of anilines is 1. The van der Waals surface area contributed by atoms with Crippen LogP contribution < -0.4 is 14.8 Å². The zero-order valence-corrected chi connectivity index (χ0v) is 12.2. The predicted octanol–water partition coefficient (Wildman–Crippen LogP) is 3.81. The van der Waals surface area contributed by atoms with E-state index in [0.717, 1.165) is 26.8 Å². The number of hydrogen-bond acceptors (Lipinski definition) is 5. The van der Waals surface area contributed by atoms with Crippen LogP contribution in [-0.4, -0.2) is 24.2 Å². The zero-order chi connectivity index (χ0) is 13.4. The number of rotatable bonds is 2. The maximum absolute atomic E-state index is 5.62. The number of thiazole rings is 1. The minimum absolute atomic E-state index is 0.589. The largest absolute Gasteiger partial charge is 0.486 e. The molecule has 4 rings (SSSR count). The van der Waals surface area contributed by atoms with Crippen molar-refractivity contribution in [2.45, 2.75) is 38.1 Å². The third kappa shape index (κ3) is 2.30. The lowest BCUT2D eigenvalue weighted by Crippen LogP contribution is -2.21. The Kier molecular flexibility index (Phi) is 3.14. The smallest absolute Gasteiger partial charge is 0.184 e. The molecule has 4 nitrogen and oxygen atoms in total. The Morgan fingerprint density at radius 3 is 2.60 bits per heavy atom. The average molecular weight is 290 g/mol. The molecule has 1 aromatic heterocycles. The van der Waals surface area contributed by atoms with E-state index in [-0.39, 0.29) is 0 Å². The van der Waals surface area contributed by atoms with Crippen molar-refractivity contribution in [1.29, 1.82) is 0 Å². The summed E-state index contributed by atoms with van der Waals surface area (Å²) in [7, 11) is 0. The summed E-state index contributed by atoms with van der Waals surface area (Å²) in [6, 6.07) is 4.63. The molecule has 0 amide bonds. The van der Waals surface area contributed by atoms with E-state index in [4.69, 9.17) is 9.47 Å². The monoisotopic (exact) mass is 290 g/mol. The molecule has 20 heavy (non-hydrogen) atoms. The van der Waals surface area contributed by atoms with Crippen molar-refractivity contribution < 1.29 is 9.47 Å².